The molecule has 0 radical (unpaired) electrons. The number of carbonyl (C=O) groups is 1. The zero-order chi connectivity index (χ0) is 24.5. The molecule has 1 amide bonds. The highest BCUT2D eigenvalue weighted by Gasteiger charge is 2.21. The number of rotatable bonds is 13. The van der Waals surface area contributed by atoms with Crippen LogP contribution in [-0.2, 0) is 17.6 Å². The second kappa shape index (κ2) is 12.3. The van der Waals surface area contributed by atoms with E-state index in [4.69, 9.17) is 21.1 Å². The Hall–Kier alpha value is -2.20. The summed E-state index contributed by atoms with van der Waals surface area (Å²) in [6.45, 7) is 13.3. The molecule has 0 aromatic heterocycles. The molecule has 0 saturated heterocycles. The maximum absolute atomic E-state index is 12.2. The number of carbonyl (C=O) groups excluding carboxylic acids is 1. The minimum Gasteiger partial charge on any atom is -0.488 e. The molecule has 0 aliphatic heterocycles. The molecule has 4 nitrogen and oxygen atoms in total. The number of nitrogens with one attached hydrogen (secondary N) is 1. The summed E-state index contributed by atoms with van der Waals surface area (Å²) in [5, 5.41) is 3.69. The summed E-state index contributed by atoms with van der Waals surface area (Å²) in [6.07, 6.45) is 4.97. The molecular weight excluding hydrogens is 434 g/mol. The molecule has 0 bridgehead atoms. The van der Waals surface area contributed by atoms with Crippen LogP contribution < -0.4 is 14.8 Å². The largest absolute Gasteiger partial charge is 0.488 e. The first-order valence-corrected chi connectivity index (χ1v) is 12.4. The van der Waals surface area contributed by atoms with Gasteiger partial charge >= 0.3 is 0 Å². The SMILES string of the molecule is CCC(C)(C)Oc1ccc(CCCCNC(=O)Cc2ccc(Cl)cc2)c(OC(C)(C)CC)c1. The number of ether oxygens (including phenoxy) is 2. The van der Waals surface area contributed by atoms with E-state index in [-0.39, 0.29) is 17.1 Å². The number of aryl methyl sites for hydroxylation is 1. The van der Waals surface area contributed by atoms with E-state index in [1.165, 1.54) is 5.56 Å². The fourth-order valence-electron chi connectivity index (χ4n) is 3.18. The number of halogens is 1. The Morgan fingerprint density at radius 1 is 0.909 bits per heavy atom. The summed E-state index contributed by atoms with van der Waals surface area (Å²) < 4.78 is 12.6. The van der Waals surface area contributed by atoms with Crippen molar-refractivity contribution in [3.8, 4) is 11.5 Å². The van der Waals surface area contributed by atoms with Crippen LogP contribution in [0.25, 0.3) is 0 Å². The van der Waals surface area contributed by atoms with Gasteiger partial charge in [0.05, 0.1) is 6.42 Å². The van der Waals surface area contributed by atoms with Crippen LogP contribution in [0.4, 0.5) is 0 Å². The molecule has 0 spiro atoms. The quantitative estimate of drug-likeness (QED) is 0.314. The topological polar surface area (TPSA) is 47.6 Å². The van der Waals surface area contributed by atoms with Gasteiger partial charge < -0.3 is 14.8 Å². The molecule has 2 aromatic carbocycles. The van der Waals surface area contributed by atoms with Crippen LogP contribution in [0, 0.1) is 0 Å². The molecule has 0 fully saturated rings. The Morgan fingerprint density at radius 2 is 1.55 bits per heavy atom. The zero-order valence-corrected chi connectivity index (χ0v) is 21.8. The highest BCUT2D eigenvalue weighted by Crippen LogP contribution is 2.32. The average molecular weight is 474 g/mol. The molecule has 0 unspecified atom stereocenters. The van der Waals surface area contributed by atoms with Crippen LogP contribution in [0.15, 0.2) is 42.5 Å². The molecule has 0 saturated carbocycles. The predicted molar refractivity (Wildman–Crippen MR) is 138 cm³/mol. The predicted octanol–water partition coefficient (Wildman–Crippen LogP) is 7.16. The minimum atomic E-state index is -0.247. The molecular formula is C28H40ClNO3. The third-order valence-electron chi connectivity index (χ3n) is 5.99. The Balaban J connectivity index is 1.91. The Labute approximate surface area is 205 Å². The van der Waals surface area contributed by atoms with Gasteiger partial charge in [-0.25, -0.2) is 0 Å². The van der Waals surface area contributed by atoms with Gasteiger partial charge in [0.2, 0.25) is 5.91 Å². The van der Waals surface area contributed by atoms with Crippen molar-refractivity contribution in [1.82, 2.24) is 5.32 Å². The van der Waals surface area contributed by atoms with E-state index in [1.54, 1.807) is 0 Å². The average Bonchev–Trinajstić information content (AvgIpc) is 2.76. The van der Waals surface area contributed by atoms with Crippen molar-refractivity contribution in [3.63, 3.8) is 0 Å². The van der Waals surface area contributed by atoms with E-state index in [9.17, 15) is 4.79 Å². The van der Waals surface area contributed by atoms with Crippen LogP contribution in [0.2, 0.25) is 5.02 Å². The van der Waals surface area contributed by atoms with E-state index in [2.05, 4.69) is 52.9 Å². The Bertz CT molecular complexity index is 891. The van der Waals surface area contributed by atoms with Gasteiger partial charge in [-0.05, 0) is 89.1 Å². The van der Waals surface area contributed by atoms with Gasteiger partial charge in [-0.2, -0.15) is 0 Å². The smallest absolute Gasteiger partial charge is 0.224 e. The second-order valence-corrected chi connectivity index (χ2v) is 10.2. The van der Waals surface area contributed by atoms with E-state index in [1.807, 2.05) is 36.4 Å². The van der Waals surface area contributed by atoms with Crippen molar-refractivity contribution in [2.24, 2.45) is 0 Å². The number of benzene rings is 2. The monoisotopic (exact) mass is 473 g/mol. The summed E-state index contributed by atoms with van der Waals surface area (Å²) in [6, 6.07) is 13.6. The van der Waals surface area contributed by atoms with Gasteiger partial charge in [-0.3, -0.25) is 4.79 Å². The fourth-order valence-corrected chi connectivity index (χ4v) is 3.31. The zero-order valence-electron chi connectivity index (χ0n) is 21.1. The van der Waals surface area contributed by atoms with E-state index >= 15 is 0 Å². The van der Waals surface area contributed by atoms with Gasteiger partial charge in [0, 0.05) is 17.6 Å². The summed E-state index contributed by atoms with van der Waals surface area (Å²) in [4.78, 5) is 12.2. The first-order valence-electron chi connectivity index (χ1n) is 12.1. The van der Waals surface area contributed by atoms with Crippen LogP contribution in [0.5, 0.6) is 11.5 Å². The summed E-state index contributed by atoms with van der Waals surface area (Å²) >= 11 is 5.90. The highest BCUT2D eigenvalue weighted by atomic mass is 35.5. The lowest BCUT2D eigenvalue weighted by Gasteiger charge is -2.29. The van der Waals surface area contributed by atoms with Gasteiger partial charge in [-0.15, -0.1) is 0 Å². The van der Waals surface area contributed by atoms with Crippen molar-refractivity contribution in [1.29, 1.82) is 0 Å². The molecule has 0 aliphatic rings. The summed E-state index contributed by atoms with van der Waals surface area (Å²) in [5.41, 5.74) is 1.67. The van der Waals surface area contributed by atoms with Gasteiger partial charge in [0.15, 0.2) is 0 Å². The first-order chi connectivity index (χ1) is 15.5. The van der Waals surface area contributed by atoms with Crippen LogP contribution in [-0.4, -0.2) is 23.7 Å². The maximum Gasteiger partial charge on any atom is 0.224 e. The van der Waals surface area contributed by atoms with Crippen molar-refractivity contribution >= 4 is 17.5 Å². The van der Waals surface area contributed by atoms with Crippen molar-refractivity contribution < 1.29 is 14.3 Å². The molecule has 0 heterocycles. The fraction of sp³-hybridized carbons (Fsp3) is 0.536. The Morgan fingerprint density at radius 3 is 2.18 bits per heavy atom. The second-order valence-electron chi connectivity index (χ2n) is 9.81. The lowest BCUT2D eigenvalue weighted by molar-refractivity contribution is -0.120. The molecule has 2 rings (SSSR count). The van der Waals surface area contributed by atoms with Crippen LogP contribution >= 0.6 is 11.6 Å². The standard InChI is InChI=1S/C28H40ClNO3/c1-7-27(3,4)32-24-17-14-22(25(20-24)33-28(5,6)8-2)11-9-10-18-30-26(31)19-21-12-15-23(29)16-13-21/h12-17,20H,7-11,18-19H2,1-6H3,(H,30,31). The van der Waals surface area contributed by atoms with E-state index < -0.39 is 0 Å². The number of unbranched alkanes of at least 4 members (excludes halogenated alkanes) is 1. The van der Waals surface area contributed by atoms with Crippen molar-refractivity contribution in [2.75, 3.05) is 6.54 Å². The van der Waals surface area contributed by atoms with E-state index in [0.29, 0.717) is 18.0 Å². The number of hydrogen-bond donors (Lipinski definition) is 1. The highest BCUT2D eigenvalue weighted by molar-refractivity contribution is 6.30. The number of amides is 1. The molecule has 0 aliphatic carbocycles. The van der Waals surface area contributed by atoms with Crippen LogP contribution in [0.1, 0.15) is 78.4 Å². The van der Waals surface area contributed by atoms with Crippen molar-refractivity contribution in [2.45, 2.75) is 91.3 Å². The van der Waals surface area contributed by atoms with Gasteiger partial charge in [-0.1, -0.05) is 43.6 Å². The third kappa shape index (κ3) is 9.67. The van der Waals surface area contributed by atoms with Crippen LogP contribution in [0.3, 0.4) is 0 Å². The lowest BCUT2D eigenvalue weighted by Crippen LogP contribution is -2.28. The van der Waals surface area contributed by atoms with Gasteiger partial charge in [0.1, 0.15) is 22.7 Å². The Kier molecular flexibility index (Phi) is 10.1. The third-order valence-corrected chi connectivity index (χ3v) is 6.25. The molecule has 1 N–H and O–H groups in total. The molecule has 2 aromatic rings. The van der Waals surface area contributed by atoms with E-state index in [0.717, 1.165) is 49.2 Å². The summed E-state index contributed by atoms with van der Waals surface area (Å²) in [7, 11) is 0. The molecule has 182 valence electrons. The lowest BCUT2D eigenvalue weighted by atomic mass is 10.0. The maximum atomic E-state index is 12.2. The molecule has 33 heavy (non-hydrogen) atoms. The summed E-state index contributed by atoms with van der Waals surface area (Å²) in [5.74, 6) is 1.76. The first kappa shape index (κ1) is 27.0. The number of hydrogen-bond acceptors (Lipinski definition) is 3. The minimum absolute atomic E-state index is 0.0334. The molecule has 5 heteroatoms. The molecule has 0 atom stereocenters. The van der Waals surface area contributed by atoms with Gasteiger partial charge in [0.25, 0.3) is 0 Å². The normalized spacial score (nSPS) is 11.8. The van der Waals surface area contributed by atoms with Crippen molar-refractivity contribution in [3.05, 3.63) is 58.6 Å².